The van der Waals surface area contributed by atoms with E-state index in [1.807, 2.05) is 0 Å². The predicted molar refractivity (Wildman–Crippen MR) is 81.7 cm³/mol. The third-order valence-corrected chi connectivity index (χ3v) is 3.83. The number of anilines is 1. The van der Waals surface area contributed by atoms with Gasteiger partial charge in [0.25, 0.3) is 11.8 Å². The van der Waals surface area contributed by atoms with Crippen molar-refractivity contribution in [1.82, 2.24) is 0 Å². The maximum atomic E-state index is 12.1. The molecule has 21 heavy (non-hydrogen) atoms. The fourth-order valence-corrected chi connectivity index (χ4v) is 2.32. The molecule has 2 aromatic rings. The Morgan fingerprint density at radius 1 is 1.05 bits per heavy atom. The largest absolute Gasteiger partial charge is 0.366 e. The topological polar surface area (TPSA) is 89.3 Å². The van der Waals surface area contributed by atoms with Crippen LogP contribution in [0.4, 0.5) is 5.69 Å². The molecule has 0 aromatic heterocycles. The number of nitrogens with two attached hydrogens (primary N) is 1. The zero-order chi connectivity index (χ0) is 15.4. The third kappa shape index (κ3) is 3.55. The number of rotatable bonds is 4. The van der Waals surface area contributed by atoms with Crippen LogP contribution in [0.1, 0.15) is 20.7 Å². The maximum absolute atomic E-state index is 12.1. The molecule has 2 rings (SSSR count). The van der Waals surface area contributed by atoms with Gasteiger partial charge in [-0.15, -0.1) is 0 Å². The van der Waals surface area contributed by atoms with Gasteiger partial charge in [0.15, 0.2) is 0 Å². The molecule has 0 saturated heterocycles. The molecule has 0 aliphatic carbocycles. The minimum atomic E-state index is -1.09. The number of hydrogen-bond acceptors (Lipinski definition) is 3. The van der Waals surface area contributed by atoms with Crippen LogP contribution >= 0.6 is 0 Å². The number of carbonyl (C=O) groups excluding carboxylic acids is 2. The van der Waals surface area contributed by atoms with Crippen LogP contribution in [-0.4, -0.2) is 22.3 Å². The van der Waals surface area contributed by atoms with Crippen molar-refractivity contribution in [3.05, 3.63) is 59.7 Å². The molecule has 0 radical (unpaired) electrons. The smallest absolute Gasteiger partial charge is 0.255 e. The second-order valence-corrected chi connectivity index (χ2v) is 5.72. The van der Waals surface area contributed by atoms with Crippen LogP contribution in [0.25, 0.3) is 0 Å². The highest BCUT2D eigenvalue weighted by atomic mass is 32.2. The van der Waals surface area contributed by atoms with Crippen molar-refractivity contribution < 1.29 is 13.8 Å². The second kappa shape index (κ2) is 6.32. The molecule has 6 heteroatoms. The van der Waals surface area contributed by atoms with E-state index in [2.05, 4.69) is 5.32 Å². The summed E-state index contributed by atoms with van der Waals surface area (Å²) in [6.07, 6.45) is 1.57. The minimum absolute atomic E-state index is 0.247. The highest BCUT2D eigenvalue weighted by Gasteiger charge is 2.12. The Balaban J connectivity index is 2.22. The summed E-state index contributed by atoms with van der Waals surface area (Å²) in [5.41, 5.74) is 6.27. The maximum Gasteiger partial charge on any atom is 0.255 e. The Hall–Kier alpha value is -2.47. The van der Waals surface area contributed by atoms with E-state index in [1.54, 1.807) is 54.8 Å². The van der Waals surface area contributed by atoms with Crippen molar-refractivity contribution in [2.45, 2.75) is 4.90 Å². The number of benzene rings is 2. The molecule has 0 fully saturated rings. The molecule has 0 saturated carbocycles. The van der Waals surface area contributed by atoms with Crippen LogP contribution in [0, 0.1) is 0 Å². The van der Waals surface area contributed by atoms with Crippen molar-refractivity contribution in [2.75, 3.05) is 11.6 Å². The molecule has 2 aromatic carbocycles. The Morgan fingerprint density at radius 3 is 2.24 bits per heavy atom. The van der Waals surface area contributed by atoms with Crippen LogP contribution < -0.4 is 11.1 Å². The molecule has 2 amide bonds. The summed E-state index contributed by atoms with van der Waals surface area (Å²) in [6, 6.07) is 12.9. The highest BCUT2D eigenvalue weighted by molar-refractivity contribution is 7.84. The lowest BCUT2D eigenvalue weighted by Gasteiger charge is -2.09. The van der Waals surface area contributed by atoms with E-state index in [4.69, 9.17) is 5.73 Å². The van der Waals surface area contributed by atoms with Crippen molar-refractivity contribution >= 4 is 28.3 Å². The summed E-state index contributed by atoms with van der Waals surface area (Å²) in [4.78, 5) is 24.1. The fourth-order valence-electron chi connectivity index (χ4n) is 1.80. The van der Waals surface area contributed by atoms with Crippen molar-refractivity contribution in [2.24, 2.45) is 5.73 Å². The molecule has 0 unspecified atom stereocenters. The molecule has 0 spiro atoms. The van der Waals surface area contributed by atoms with Crippen molar-refractivity contribution in [3.63, 3.8) is 0 Å². The van der Waals surface area contributed by atoms with Gasteiger partial charge >= 0.3 is 0 Å². The second-order valence-electron chi connectivity index (χ2n) is 4.34. The van der Waals surface area contributed by atoms with E-state index in [-0.39, 0.29) is 11.5 Å². The number of para-hydroxylation sites is 1. The summed E-state index contributed by atoms with van der Waals surface area (Å²) >= 11 is 0. The van der Waals surface area contributed by atoms with E-state index in [0.717, 1.165) is 0 Å². The van der Waals surface area contributed by atoms with E-state index in [9.17, 15) is 13.8 Å². The van der Waals surface area contributed by atoms with E-state index >= 15 is 0 Å². The molecule has 0 heterocycles. The number of carbonyl (C=O) groups is 2. The van der Waals surface area contributed by atoms with Gasteiger partial charge in [0.05, 0.1) is 11.3 Å². The van der Waals surface area contributed by atoms with Crippen molar-refractivity contribution in [3.8, 4) is 0 Å². The molecule has 5 nitrogen and oxygen atoms in total. The lowest BCUT2D eigenvalue weighted by Crippen LogP contribution is -2.18. The SMILES string of the molecule is C[S@@](=O)c1ccc(C(=O)Nc2ccccc2C(N)=O)cc1. The van der Waals surface area contributed by atoms with E-state index < -0.39 is 16.7 Å². The average molecular weight is 302 g/mol. The van der Waals surface area contributed by atoms with Gasteiger partial charge in [-0.1, -0.05) is 12.1 Å². The first-order chi connectivity index (χ1) is 9.99. The lowest BCUT2D eigenvalue weighted by atomic mass is 10.1. The van der Waals surface area contributed by atoms with Gasteiger partial charge < -0.3 is 11.1 Å². The summed E-state index contributed by atoms with van der Waals surface area (Å²) in [5, 5.41) is 2.64. The Bertz CT molecular complexity index is 711. The standard InChI is InChI=1S/C15H14N2O3S/c1-21(20)11-8-6-10(7-9-11)15(19)17-13-5-3-2-4-12(13)14(16)18/h2-9H,1H3,(H2,16,18)(H,17,19)/t21-/m1/s1. The third-order valence-electron chi connectivity index (χ3n) is 2.89. The first kappa shape index (κ1) is 14.9. The van der Waals surface area contributed by atoms with Gasteiger partial charge in [0, 0.05) is 27.5 Å². The molecule has 0 aliphatic rings. The zero-order valence-corrected chi connectivity index (χ0v) is 12.1. The normalized spacial score (nSPS) is 11.7. The van der Waals surface area contributed by atoms with Gasteiger partial charge in [-0.05, 0) is 36.4 Å². The minimum Gasteiger partial charge on any atom is -0.366 e. The van der Waals surface area contributed by atoms with Crippen LogP contribution in [-0.2, 0) is 10.8 Å². The van der Waals surface area contributed by atoms with Crippen LogP contribution in [0.3, 0.4) is 0 Å². The summed E-state index contributed by atoms with van der Waals surface area (Å²) in [6.45, 7) is 0. The fraction of sp³-hybridized carbons (Fsp3) is 0.0667. The van der Waals surface area contributed by atoms with Gasteiger partial charge in [-0.2, -0.15) is 0 Å². The van der Waals surface area contributed by atoms with Crippen LogP contribution in [0.15, 0.2) is 53.4 Å². The molecule has 108 valence electrons. The number of hydrogen-bond donors (Lipinski definition) is 2. The summed E-state index contributed by atoms with van der Waals surface area (Å²) in [5.74, 6) is -0.972. The highest BCUT2D eigenvalue weighted by Crippen LogP contribution is 2.16. The van der Waals surface area contributed by atoms with Crippen LogP contribution in [0.5, 0.6) is 0 Å². The first-order valence-electron chi connectivity index (χ1n) is 6.12. The Morgan fingerprint density at radius 2 is 1.67 bits per heavy atom. The molecule has 3 N–H and O–H groups in total. The first-order valence-corrected chi connectivity index (χ1v) is 7.68. The Kier molecular flexibility index (Phi) is 4.49. The van der Waals surface area contributed by atoms with Gasteiger partial charge in [0.1, 0.15) is 0 Å². The number of primary amides is 1. The Labute approximate surface area is 124 Å². The average Bonchev–Trinajstić information content (AvgIpc) is 2.47. The molecular weight excluding hydrogens is 288 g/mol. The summed E-state index contributed by atoms with van der Waals surface area (Å²) < 4.78 is 11.3. The quantitative estimate of drug-likeness (QED) is 0.902. The molecule has 0 bridgehead atoms. The predicted octanol–water partition coefficient (Wildman–Crippen LogP) is 1.78. The lowest BCUT2D eigenvalue weighted by molar-refractivity contribution is 0.100. The van der Waals surface area contributed by atoms with Crippen LogP contribution in [0.2, 0.25) is 0 Å². The number of nitrogens with one attached hydrogen (secondary N) is 1. The molecular formula is C15H14N2O3S. The molecule has 0 aliphatic heterocycles. The monoisotopic (exact) mass is 302 g/mol. The zero-order valence-electron chi connectivity index (χ0n) is 11.3. The van der Waals surface area contributed by atoms with Crippen molar-refractivity contribution in [1.29, 1.82) is 0 Å². The van der Waals surface area contributed by atoms with Gasteiger partial charge in [0.2, 0.25) is 0 Å². The van der Waals surface area contributed by atoms with Gasteiger partial charge in [-0.3, -0.25) is 13.8 Å². The van der Waals surface area contributed by atoms with E-state index in [0.29, 0.717) is 16.1 Å². The van der Waals surface area contributed by atoms with E-state index in [1.165, 1.54) is 0 Å². The van der Waals surface area contributed by atoms with Gasteiger partial charge in [-0.25, -0.2) is 0 Å². The number of amides is 2. The summed E-state index contributed by atoms with van der Waals surface area (Å²) in [7, 11) is -1.09. The molecule has 1 atom stereocenters.